The van der Waals surface area contributed by atoms with Gasteiger partial charge in [-0.3, -0.25) is 14.4 Å². The molecule has 52 heavy (non-hydrogen) atoms. The molecule has 2 unspecified atom stereocenters. The molecule has 0 saturated carbocycles. The Morgan fingerprint density at radius 1 is 0.962 bits per heavy atom. The van der Waals surface area contributed by atoms with Crippen LogP contribution in [0, 0.1) is 18.3 Å². The van der Waals surface area contributed by atoms with Gasteiger partial charge in [0.15, 0.2) is 0 Å². The van der Waals surface area contributed by atoms with Crippen molar-refractivity contribution in [3.05, 3.63) is 117 Å². The third-order valence-corrected chi connectivity index (χ3v) is 11.6. The Morgan fingerprint density at radius 2 is 1.71 bits per heavy atom. The maximum absolute atomic E-state index is 13.8. The third kappa shape index (κ3) is 9.80. The zero-order valence-electron chi connectivity index (χ0n) is 30.6. The third-order valence-electron chi connectivity index (χ3n) is 9.12. The van der Waals surface area contributed by atoms with Gasteiger partial charge in [0.1, 0.15) is 10.7 Å². The molecule has 0 fully saturated rings. The van der Waals surface area contributed by atoms with Gasteiger partial charge < -0.3 is 20.7 Å². The van der Waals surface area contributed by atoms with E-state index >= 15 is 0 Å². The van der Waals surface area contributed by atoms with E-state index in [0.717, 1.165) is 45.7 Å². The molecule has 1 aliphatic rings. The fourth-order valence-electron chi connectivity index (χ4n) is 6.23. The lowest BCUT2D eigenvalue weighted by atomic mass is 9.72. The number of fused-ring (bicyclic) bond motifs is 1. The van der Waals surface area contributed by atoms with E-state index in [1.165, 1.54) is 23.1 Å². The molecule has 0 aliphatic heterocycles. The molecule has 10 heteroatoms. The van der Waals surface area contributed by atoms with Crippen molar-refractivity contribution in [2.45, 2.75) is 77.4 Å². The summed E-state index contributed by atoms with van der Waals surface area (Å²) in [7, 11) is 0. The molecule has 0 bridgehead atoms. The summed E-state index contributed by atoms with van der Waals surface area (Å²) >= 11 is 2.87. The van der Waals surface area contributed by atoms with Crippen molar-refractivity contribution in [2.75, 3.05) is 17.2 Å². The van der Waals surface area contributed by atoms with E-state index in [1.54, 1.807) is 43.3 Å². The highest BCUT2D eigenvalue weighted by Crippen LogP contribution is 2.45. The lowest BCUT2D eigenvalue weighted by Gasteiger charge is -2.33. The van der Waals surface area contributed by atoms with Crippen LogP contribution < -0.4 is 16.0 Å². The van der Waals surface area contributed by atoms with Gasteiger partial charge in [0.25, 0.3) is 11.8 Å². The van der Waals surface area contributed by atoms with E-state index in [9.17, 15) is 19.2 Å². The minimum atomic E-state index is -0.487. The van der Waals surface area contributed by atoms with Crippen molar-refractivity contribution in [3.63, 3.8) is 0 Å². The van der Waals surface area contributed by atoms with Gasteiger partial charge in [-0.05, 0) is 98.4 Å². The number of amides is 3. The fraction of sp³-hybridized carbons (Fsp3) is 0.333. The average Bonchev–Trinajstić information content (AvgIpc) is 3.47. The molecule has 0 saturated heterocycles. The number of hydrogen-bond donors (Lipinski definition) is 3. The first-order chi connectivity index (χ1) is 24.9. The predicted molar refractivity (Wildman–Crippen MR) is 212 cm³/mol. The number of anilines is 2. The largest absolute Gasteiger partial charge is 0.462 e. The van der Waals surface area contributed by atoms with Gasteiger partial charge in [-0.25, -0.2) is 4.79 Å². The molecule has 3 amide bonds. The number of benzene rings is 3. The van der Waals surface area contributed by atoms with Crippen LogP contribution in [0.5, 0.6) is 0 Å². The number of ether oxygens (including phenoxy) is 1. The maximum Gasteiger partial charge on any atom is 0.341 e. The van der Waals surface area contributed by atoms with Gasteiger partial charge in [0, 0.05) is 21.0 Å². The van der Waals surface area contributed by atoms with E-state index in [-0.39, 0.29) is 23.6 Å². The molecule has 5 rings (SSSR count). The predicted octanol–water partition coefficient (Wildman–Crippen LogP) is 9.30. The summed E-state index contributed by atoms with van der Waals surface area (Å²) in [5.41, 5.74) is 4.45. The number of rotatable bonds is 12. The van der Waals surface area contributed by atoms with Gasteiger partial charge in [0.05, 0.1) is 17.4 Å². The Labute approximate surface area is 314 Å². The molecule has 3 aromatic carbocycles. The van der Waals surface area contributed by atoms with Crippen LogP contribution in [0.15, 0.2) is 89.5 Å². The lowest BCUT2D eigenvalue weighted by Crippen LogP contribution is -2.30. The summed E-state index contributed by atoms with van der Waals surface area (Å²) in [6.45, 7) is 12.7. The van der Waals surface area contributed by atoms with E-state index in [2.05, 4.69) is 36.7 Å². The molecule has 0 spiro atoms. The SMILES string of the molecule is CCOC(=O)c1c(NC(=O)C(CC)Sc2cccc(NC(=O)/C(=C\c3cccc(C)c3)NC(=O)c3ccccc3)c2)sc2c1CCC(C(C)(C)C)C2. The fourth-order valence-corrected chi connectivity index (χ4v) is 8.56. The zero-order valence-corrected chi connectivity index (χ0v) is 32.3. The first-order valence-corrected chi connectivity index (χ1v) is 19.4. The van der Waals surface area contributed by atoms with Crippen LogP contribution in [-0.4, -0.2) is 35.5 Å². The van der Waals surface area contributed by atoms with E-state index in [0.29, 0.717) is 34.2 Å². The monoisotopic (exact) mass is 737 g/mol. The van der Waals surface area contributed by atoms with Crippen LogP contribution in [0.1, 0.15) is 89.7 Å². The number of aryl methyl sites for hydroxylation is 1. The molecule has 1 aliphatic carbocycles. The van der Waals surface area contributed by atoms with Crippen LogP contribution in [0.4, 0.5) is 10.7 Å². The number of carbonyl (C=O) groups is 4. The van der Waals surface area contributed by atoms with Crippen molar-refractivity contribution in [3.8, 4) is 0 Å². The van der Waals surface area contributed by atoms with Gasteiger partial charge in [-0.15, -0.1) is 23.1 Å². The van der Waals surface area contributed by atoms with Crippen molar-refractivity contribution in [2.24, 2.45) is 11.3 Å². The molecule has 3 N–H and O–H groups in total. The van der Waals surface area contributed by atoms with Crippen molar-refractivity contribution in [1.82, 2.24) is 5.32 Å². The summed E-state index contributed by atoms with van der Waals surface area (Å²) in [6, 6.07) is 23.6. The van der Waals surface area contributed by atoms with Gasteiger partial charge in [0.2, 0.25) is 5.91 Å². The molecule has 8 nitrogen and oxygen atoms in total. The summed E-state index contributed by atoms with van der Waals surface area (Å²) in [4.78, 5) is 55.6. The van der Waals surface area contributed by atoms with Crippen molar-refractivity contribution >= 4 is 63.6 Å². The molecular weight excluding hydrogens is 691 g/mol. The summed E-state index contributed by atoms with van der Waals surface area (Å²) in [6.07, 6.45) is 4.81. The second-order valence-corrected chi connectivity index (χ2v) is 16.4. The Balaban J connectivity index is 1.32. The van der Waals surface area contributed by atoms with Crippen LogP contribution in [0.2, 0.25) is 0 Å². The number of esters is 1. The van der Waals surface area contributed by atoms with E-state index in [1.807, 2.05) is 62.4 Å². The highest BCUT2D eigenvalue weighted by atomic mass is 32.2. The standard InChI is InChI=1S/C42H47N3O5S2/c1-7-34(39(48)45-40-36(41(49)50-8-2)32-21-20-29(42(4,5)6)24-35(32)52-40)51-31-19-13-18-30(25-31)43-38(47)33(23-27-15-12-14-26(3)22-27)44-37(46)28-16-10-9-11-17-28/h9-19,22-23,25,29,34H,7-8,20-21,24H2,1-6H3,(H,43,47)(H,44,46)(H,45,48)/b33-23+. The molecule has 4 aromatic rings. The van der Waals surface area contributed by atoms with E-state index < -0.39 is 23.0 Å². The first-order valence-electron chi connectivity index (χ1n) is 17.7. The molecule has 2 atom stereocenters. The smallest absolute Gasteiger partial charge is 0.341 e. The summed E-state index contributed by atoms with van der Waals surface area (Å²) in [5.74, 6) is -1.00. The molecular formula is C42H47N3O5S2. The number of carbonyl (C=O) groups excluding carboxylic acids is 4. The van der Waals surface area contributed by atoms with Crippen LogP contribution in [0.3, 0.4) is 0 Å². The second-order valence-electron chi connectivity index (χ2n) is 14.0. The van der Waals surface area contributed by atoms with Crippen LogP contribution in [-0.2, 0) is 27.2 Å². The van der Waals surface area contributed by atoms with Crippen LogP contribution in [0.25, 0.3) is 6.08 Å². The molecule has 0 radical (unpaired) electrons. The molecule has 1 aromatic heterocycles. The lowest BCUT2D eigenvalue weighted by molar-refractivity contribution is -0.116. The number of thioether (sulfide) groups is 1. The number of hydrogen-bond acceptors (Lipinski definition) is 7. The number of nitrogens with one attached hydrogen (secondary N) is 3. The van der Waals surface area contributed by atoms with E-state index in [4.69, 9.17) is 4.74 Å². The van der Waals surface area contributed by atoms with Gasteiger partial charge >= 0.3 is 5.97 Å². The number of thiophene rings is 1. The topological polar surface area (TPSA) is 114 Å². The summed E-state index contributed by atoms with van der Waals surface area (Å²) < 4.78 is 5.44. The van der Waals surface area contributed by atoms with Gasteiger partial charge in [-0.2, -0.15) is 0 Å². The van der Waals surface area contributed by atoms with Crippen molar-refractivity contribution in [1.29, 1.82) is 0 Å². The Morgan fingerprint density at radius 3 is 2.40 bits per heavy atom. The minimum Gasteiger partial charge on any atom is -0.462 e. The van der Waals surface area contributed by atoms with Crippen LogP contribution >= 0.6 is 23.1 Å². The van der Waals surface area contributed by atoms with Crippen molar-refractivity contribution < 1.29 is 23.9 Å². The Hall–Kier alpha value is -4.67. The Bertz CT molecular complexity index is 1960. The molecule has 272 valence electrons. The Kier molecular flexibility index (Phi) is 12.8. The highest BCUT2D eigenvalue weighted by Gasteiger charge is 2.35. The molecule has 1 heterocycles. The maximum atomic E-state index is 13.8. The quantitative estimate of drug-likeness (QED) is 0.0759. The average molecular weight is 738 g/mol. The second kappa shape index (κ2) is 17.2. The minimum absolute atomic E-state index is 0.0909. The first kappa shape index (κ1) is 38.6. The van der Waals surface area contributed by atoms with Gasteiger partial charge in [-0.1, -0.05) is 81.8 Å². The summed E-state index contributed by atoms with van der Waals surface area (Å²) in [5, 5.41) is 8.88. The normalized spacial score (nSPS) is 14.9. The zero-order chi connectivity index (χ0) is 37.4. The highest BCUT2D eigenvalue weighted by molar-refractivity contribution is 8.00.